The highest BCUT2D eigenvalue weighted by atomic mass is 16.5. The molecule has 2 rings (SSSR count). The van der Waals surface area contributed by atoms with Crippen molar-refractivity contribution < 1.29 is 14.3 Å². The van der Waals surface area contributed by atoms with Gasteiger partial charge in [-0.3, -0.25) is 0 Å². The maximum atomic E-state index is 11.9. The fourth-order valence-corrected chi connectivity index (χ4v) is 2.43. The lowest BCUT2D eigenvalue weighted by Crippen LogP contribution is -2.10. The van der Waals surface area contributed by atoms with Gasteiger partial charge in [-0.05, 0) is 31.5 Å². The lowest BCUT2D eigenvalue weighted by atomic mass is 10.1. The van der Waals surface area contributed by atoms with Crippen LogP contribution in [0.5, 0.6) is 5.75 Å². The minimum atomic E-state index is -0.518. The molecule has 6 heteroatoms. The van der Waals surface area contributed by atoms with Gasteiger partial charge in [-0.25, -0.2) is 14.8 Å². The zero-order chi connectivity index (χ0) is 18.1. The molecule has 134 valence electrons. The molecule has 0 unspecified atom stereocenters. The smallest absolute Gasteiger partial charge is 0.357 e. The lowest BCUT2D eigenvalue weighted by Gasteiger charge is -2.12. The molecule has 25 heavy (non-hydrogen) atoms. The van der Waals surface area contributed by atoms with Gasteiger partial charge in [-0.15, -0.1) is 0 Å². The van der Waals surface area contributed by atoms with Crippen LogP contribution in [0, 0.1) is 0 Å². The molecule has 0 atom stereocenters. The number of carbonyl (C=O) groups excluding carboxylic acids is 1. The van der Waals surface area contributed by atoms with Crippen molar-refractivity contribution in [3.05, 3.63) is 36.0 Å². The van der Waals surface area contributed by atoms with E-state index in [2.05, 4.69) is 16.9 Å². The molecule has 2 aromatic rings. The van der Waals surface area contributed by atoms with E-state index in [1.165, 1.54) is 12.8 Å². The number of nitrogens with two attached hydrogens (primary N) is 1. The van der Waals surface area contributed by atoms with E-state index in [0.29, 0.717) is 18.1 Å². The summed E-state index contributed by atoms with van der Waals surface area (Å²) in [5.41, 5.74) is 7.22. The Bertz CT molecular complexity index is 704. The van der Waals surface area contributed by atoms with E-state index < -0.39 is 5.97 Å². The van der Waals surface area contributed by atoms with E-state index in [-0.39, 0.29) is 18.2 Å². The van der Waals surface area contributed by atoms with Crippen LogP contribution in [0.3, 0.4) is 0 Å². The second-order valence-corrected chi connectivity index (χ2v) is 5.62. The zero-order valence-corrected chi connectivity index (χ0v) is 14.8. The number of nitrogen functional groups attached to an aromatic ring is 1. The predicted molar refractivity (Wildman–Crippen MR) is 97.5 cm³/mol. The normalized spacial score (nSPS) is 10.5. The number of aromatic nitrogens is 2. The highest BCUT2D eigenvalue weighted by Crippen LogP contribution is 2.29. The SMILES string of the molecule is CCCCCCOc1ccccc1-c1cc(C(=O)OCC)nc(N)n1. The lowest BCUT2D eigenvalue weighted by molar-refractivity contribution is 0.0519. The van der Waals surface area contributed by atoms with Gasteiger partial charge in [-0.1, -0.05) is 38.3 Å². The molecule has 6 nitrogen and oxygen atoms in total. The van der Waals surface area contributed by atoms with Crippen molar-refractivity contribution in [1.29, 1.82) is 0 Å². The molecule has 0 spiro atoms. The second-order valence-electron chi connectivity index (χ2n) is 5.62. The Labute approximate surface area is 148 Å². The number of hydrogen-bond acceptors (Lipinski definition) is 6. The van der Waals surface area contributed by atoms with Crippen molar-refractivity contribution in [2.75, 3.05) is 18.9 Å². The summed E-state index contributed by atoms with van der Waals surface area (Å²) in [6.07, 6.45) is 4.54. The van der Waals surface area contributed by atoms with Crippen LogP contribution in [0.15, 0.2) is 30.3 Å². The number of esters is 1. The molecule has 1 aromatic carbocycles. The van der Waals surface area contributed by atoms with Gasteiger partial charge in [0.15, 0.2) is 5.69 Å². The van der Waals surface area contributed by atoms with Gasteiger partial charge in [0.05, 0.1) is 18.9 Å². The summed E-state index contributed by atoms with van der Waals surface area (Å²) >= 11 is 0. The fourth-order valence-electron chi connectivity index (χ4n) is 2.43. The number of rotatable bonds is 9. The Balaban J connectivity index is 2.22. The Morgan fingerprint density at radius 2 is 1.92 bits per heavy atom. The van der Waals surface area contributed by atoms with Crippen LogP contribution in [0.1, 0.15) is 50.0 Å². The summed E-state index contributed by atoms with van der Waals surface area (Å²) in [5, 5.41) is 0. The number of benzene rings is 1. The first kappa shape index (κ1) is 18.7. The summed E-state index contributed by atoms with van der Waals surface area (Å²) in [4.78, 5) is 20.1. The third-order valence-corrected chi connectivity index (χ3v) is 3.65. The van der Waals surface area contributed by atoms with E-state index in [1.54, 1.807) is 13.0 Å². The van der Waals surface area contributed by atoms with Crippen LogP contribution in [0.2, 0.25) is 0 Å². The second kappa shape index (κ2) is 9.61. The van der Waals surface area contributed by atoms with Crippen LogP contribution in [0.25, 0.3) is 11.3 Å². The third-order valence-electron chi connectivity index (χ3n) is 3.65. The van der Waals surface area contributed by atoms with Crippen LogP contribution >= 0.6 is 0 Å². The Morgan fingerprint density at radius 1 is 1.12 bits per heavy atom. The number of para-hydroxylation sites is 1. The van der Waals surface area contributed by atoms with Crippen molar-refractivity contribution in [3.8, 4) is 17.0 Å². The quantitative estimate of drug-likeness (QED) is 0.549. The first-order valence-electron chi connectivity index (χ1n) is 8.69. The Hall–Kier alpha value is -2.63. The van der Waals surface area contributed by atoms with Crippen molar-refractivity contribution in [1.82, 2.24) is 9.97 Å². The Kier molecular flexibility index (Phi) is 7.19. The highest BCUT2D eigenvalue weighted by Gasteiger charge is 2.15. The van der Waals surface area contributed by atoms with Crippen LogP contribution < -0.4 is 10.5 Å². The average molecular weight is 343 g/mol. The molecule has 0 amide bonds. The molecule has 0 aliphatic carbocycles. The summed E-state index contributed by atoms with van der Waals surface area (Å²) in [6.45, 7) is 4.83. The molecule has 0 saturated heterocycles. The molecule has 1 aromatic heterocycles. The monoisotopic (exact) mass is 343 g/mol. The number of unbranched alkanes of at least 4 members (excludes halogenated alkanes) is 3. The molecule has 0 fully saturated rings. The third kappa shape index (κ3) is 5.45. The number of carbonyl (C=O) groups is 1. The van der Waals surface area contributed by atoms with E-state index in [0.717, 1.165) is 18.4 Å². The number of nitrogens with zero attached hydrogens (tertiary/aromatic N) is 2. The van der Waals surface area contributed by atoms with Gasteiger partial charge in [0.1, 0.15) is 5.75 Å². The Morgan fingerprint density at radius 3 is 2.68 bits per heavy atom. The van der Waals surface area contributed by atoms with Crippen molar-refractivity contribution in [3.63, 3.8) is 0 Å². The van der Waals surface area contributed by atoms with Crippen molar-refractivity contribution >= 4 is 11.9 Å². The van der Waals surface area contributed by atoms with Gasteiger partial charge >= 0.3 is 5.97 Å². The maximum absolute atomic E-state index is 11.9. The van der Waals surface area contributed by atoms with Gasteiger partial charge in [0, 0.05) is 5.56 Å². The van der Waals surface area contributed by atoms with Gasteiger partial charge < -0.3 is 15.2 Å². The molecule has 2 N–H and O–H groups in total. The van der Waals surface area contributed by atoms with E-state index in [9.17, 15) is 4.79 Å². The summed E-state index contributed by atoms with van der Waals surface area (Å²) < 4.78 is 10.9. The van der Waals surface area contributed by atoms with Gasteiger partial charge in [-0.2, -0.15) is 0 Å². The minimum absolute atomic E-state index is 0.0262. The molecule has 0 aliphatic rings. The van der Waals surface area contributed by atoms with Gasteiger partial charge in [0.25, 0.3) is 0 Å². The fraction of sp³-hybridized carbons (Fsp3) is 0.421. The first-order valence-corrected chi connectivity index (χ1v) is 8.69. The average Bonchev–Trinajstić information content (AvgIpc) is 2.61. The van der Waals surface area contributed by atoms with Crippen LogP contribution in [-0.2, 0) is 4.74 Å². The van der Waals surface area contributed by atoms with E-state index in [4.69, 9.17) is 15.2 Å². The number of ether oxygens (including phenoxy) is 2. The van der Waals surface area contributed by atoms with Crippen LogP contribution in [0.4, 0.5) is 5.95 Å². The minimum Gasteiger partial charge on any atom is -0.493 e. The highest BCUT2D eigenvalue weighted by molar-refractivity contribution is 5.89. The predicted octanol–water partition coefficient (Wildman–Crippen LogP) is 3.86. The summed E-state index contributed by atoms with van der Waals surface area (Å²) in [7, 11) is 0. The van der Waals surface area contributed by atoms with E-state index >= 15 is 0 Å². The number of anilines is 1. The molecule has 0 saturated carbocycles. The topological polar surface area (TPSA) is 87.3 Å². The molecule has 0 radical (unpaired) electrons. The van der Waals surface area contributed by atoms with E-state index in [1.807, 2.05) is 24.3 Å². The molecular weight excluding hydrogens is 318 g/mol. The van der Waals surface area contributed by atoms with Gasteiger partial charge in [0.2, 0.25) is 5.95 Å². The van der Waals surface area contributed by atoms with Crippen molar-refractivity contribution in [2.24, 2.45) is 0 Å². The van der Waals surface area contributed by atoms with Crippen molar-refractivity contribution in [2.45, 2.75) is 39.5 Å². The molecule has 1 heterocycles. The first-order chi connectivity index (χ1) is 12.2. The van der Waals surface area contributed by atoms with Crippen LogP contribution in [-0.4, -0.2) is 29.2 Å². The molecule has 0 aliphatic heterocycles. The maximum Gasteiger partial charge on any atom is 0.357 e. The summed E-state index contributed by atoms with van der Waals surface area (Å²) in [5.74, 6) is 0.223. The zero-order valence-electron chi connectivity index (χ0n) is 14.8. The molecule has 0 bridgehead atoms. The molecular formula is C19H25N3O3. The largest absolute Gasteiger partial charge is 0.493 e. The number of hydrogen-bond donors (Lipinski definition) is 1. The standard InChI is InChI=1S/C19H25N3O3/c1-3-5-6-9-12-25-17-11-8-7-10-14(17)15-13-16(18(23)24-4-2)22-19(20)21-15/h7-8,10-11,13H,3-6,9,12H2,1-2H3,(H2,20,21,22). The summed E-state index contributed by atoms with van der Waals surface area (Å²) in [6, 6.07) is 9.15.